The highest BCUT2D eigenvalue weighted by Crippen LogP contribution is 2.09. The van der Waals surface area contributed by atoms with E-state index in [2.05, 4.69) is 38.6 Å². The predicted octanol–water partition coefficient (Wildman–Crippen LogP) is 1.80. The Morgan fingerprint density at radius 3 is 2.76 bits per heavy atom. The van der Waals surface area contributed by atoms with Gasteiger partial charge in [-0.2, -0.15) is 0 Å². The lowest BCUT2D eigenvalue weighted by Gasteiger charge is -2.34. The molecule has 3 rings (SSSR count). The van der Waals surface area contributed by atoms with Crippen LogP contribution in [-0.2, 0) is 6.54 Å². The van der Waals surface area contributed by atoms with E-state index >= 15 is 0 Å². The molecule has 1 N–H and O–H groups in total. The van der Waals surface area contributed by atoms with Gasteiger partial charge in [0, 0.05) is 52.0 Å². The number of aromatic nitrogens is 3. The van der Waals surface area contributed by atoms with Gasteiger partial charge >= 0.3 is 6.03 Å². The lowest BCUT2D eigenvalue weighted by atomic mass is 10.1. The average Bonchev–Trinajstić information content (AvgIpc) is 3.03. The standard InChI is InChI=1S/C18H28N6O/c1-15(2)5-7-20-18(25)23-11-8-22(9-12-23)10-13-24-14-21-16-4-3-6-19-17(16)24/h3-4,6,14-15H,5,7-13H2,1-2H3,(H,20,25). The number of imidazole rings is 1. The van der Waals surface area contributed by atoms with Crippen molar-refractivity contribution < 1.29 is 4.79 Å². The van der Waals surface area contributed by atoms with Gasteiger partial charge in [-0.25, -0.2) is 14.8 Å². The van der Waals surface area contributed by atoms with E-state index in [4.69, 9.17) is 0 Å². The summed E-state index contributed by atoms with van der Waals surface area (Å²) >= 11 is 0. The molecule has 0 unspecified atom stereocenters. The molecule has 25 heavy (non-hydrogen) atoms. The number of carbonyl (C=O) groups excluding carboxylic acids is 1. The third-order valence-corrected chi connectivity index (χ3v) is 4.69. The molecule has 7 heteroatoms. The molecule has 0 aliphatic carbocycles. The summed E-state index contributed by atoms with van der Waals surface area (Å²) < 4.78 is 2.10. The van der Waals surface area contributed by atoms with Crippen LogP contribution in [0.3, 0.4) is 0 Å². The minimum Gasteiger partial charge on any atom is -0.338 e. The Balaban J connectivity index is 1.41. The molecule has 2 aromatic heterocycles. The highest BCUT2D eigenvalue weighted by Gasteiger charge is 2.20. The Morgan fingerprint density at radius 1 is 1.20 bits per heavy atom. The maximum atomic E-state index is 12.2. The van der Waals surface area contributed by atoms with Crippen LogP contribution in [0.15, 0.2) is 24.7 Å². The minimum absolute atomic E-state index is 0.0742. The van der Waals surface area contributed by atoms with Crippen LogP contribution in [0.2, 0.25) is 0 Å². The zero-order valence-electron chi connectivity index (χ0n) is 15.2. The lowest BCUT2D eigenvalue weighted by molar-refractivity contribution is 0.137. The molecular weight excluding hydrogens is 316 g/mol. The van der Waals surface area contributed by atoms with Crippen LogP contribution >= 0.6 is 0 Å². The van der Waals surface area contributed by atoms with E-state index in [0.717, 1.165) is 63.4 Å². The number of pyridine rings is 1. The summed E-state index contributed by atoms with van der Waals surface area (Å²) in [5, 5.41) is 3.02. The van der Waals surface area contributed by atoms with Gasteiger partial charge in [0.25, 0.3) is 0 Å². The van der Waals surface area contributed by atoms with E-state index in [0.29, 0.717) is 5.92 Å². The summed E-state index contributed by atoms with van der Waals surface area (Å²) in [4.78, 5) is 25.3. The highest BCUT2D eigenvalue weighted by molar-refractivity contribution is 5.74. The van der Waals surface area contributed by atoms with Crippen LogP contribution in [0.1, 0.15) is 20.3 Å². The van der Waals surface area contributed by atoms with E-state index in [-0.39, 0.29) is 6.03 Å². The number of urea groups is 1. The number of rotatable bonds is 6. The van der Waals surface area contributed by atoms with Gasteiger partial charge in [-0.3, -0.25) is 4.90 Å². The fourth-order valence-corrected chi connectivity index (χ4v) is 3.06. The molecule has 7 nitrogen and oxygen atoms in total. The number of hydrogen-bond acceptors (Lipinski definition) is 4. The summed E-state index contributed by atoms with van der Waals surface area (Å²) in [6.45, 7) is 10.3. The van der Waals surface area contributed by atoms with Crippen LogP contribution in [0.4, 0.5) is 4.79 Å². The Kier molecular flexibility index (Phi) is 5.86. The maximum absolute atomic E-state index is 12.2. The van der Waals surface area contributed by atoms with Gasteiger partial charge in [-0.05, 0) is 24.5 Å². The Bertz CT molecular complexity index is 690. The first kappa shape index (κ1) is 17.7. The molecule has 136 valence electrons. The third kappa shape index (κ3) is 4.69. The zero-order chi connectivity index (χ0) is 17.6. The van der Waals surface area contributed by atoms with Gasteiger partial charge in [0.1, 0.15) is 5.52 Å². The molecule has 0 spiro atoms. The lowest BCUT2D eigenvalue weighted by Crippen LogP contribution is -2.52. The summed E-state index contributed by atoms with van der Waals surface area (Å²) in [5.74, 6) is 0.617. The summed E-state index contributed by atoms with van der Waals surface area (Å²) in [7, 11) is 0. The van der Waals surface area contributed by atoms with Crippen LogP contribution in [0.25, 0.3) is 11.2 Å². The van der Waals surface area contributed by atoms with Crippen molar-refractivity contribution >= 4 is 17.2 Å². The minimum atomic E-state index is 0.0742. The Morgan fingerprint density at radius 2 is 2.00 bits per heavy atom. The first-order valence-corrected chi connectivity index (χ1v) is 9.14. The molecule has 0 bridgehead atoms. The number of nitrogens with zero attached hydrogens (tertiary/aromatic N) is 5. The first-order valence-electron chi connectivity index (χ1n) is 9.14. The number of piperazine rings is 1. The van der Waals surface area contributed by atoms with Crippen LogP contribution in [0, 0.1) is 5.92 Å². The molecule has 1 aliphatic heterocycles. The van der Waals surface area contributed by atoms with Gasteiger partial charge in [0.05, 0.1) is 6.33 Å². The topological polar surface area (TPSA) is 66.3 Å². The second-order valence-corrected chi connectivity index (χ2v) is 7.03. The van der Waals surface area contributed by atoms with Crippen LogP contribution < -0.4 is 5.32 Å². The largest absolute Gasteiger partial charge is 0.338 e. The van der Waals surface area contributed by atoms with E-state index in [1.54, 1.807) is 6.20 Å². The molecule has 0 saturated carbocycles. The summed E-state index contributed by atoms with van der Waals surface area (Å²) in [6, 6.07) is 3.96. The van der Waals surface area contributed by atoms with Crippen molar-refractivity contribution in [2.24, 2.45) is 5.92 Å². The second kappa shape index (κ2) is 8.29. The SMILES string of the molecule is CC(C)CCNC(=O)N1CCN(CCn2cnc3cccnc32)CC1. The summed E-state index contributed by atoms with van der Waals surface area (Å²) in [5.41, 5.74) is 1.87. The van der Waals surface area contributed by atoms with Crippen molar-refractivity contribution in [2.45, 2.75) is 26.8 Å². The predicted molar refractivity (Wildman–Crippen MR) is 98.4 cm³/mol. The van der Waals surface area contributed by atoms with E-state index in [1.165, 1.54) is 0 Å². The van der Waals surface area contributed by atoms with E-state index in [1.807, 2.05) is 23.4 Å². The van der Waals surface area contributed by atoms with Crippen molar-refractivity contribution in [1.82, 2.24) is 29.7 Å². The molecule has 0 aromatic carbocycles. The first-order chi connectivity index (χ1) is 12.1. The van der Waals surface area contributed by atoms with Crippen molar-refractivity contribution in [3.63, 3.8) is 0 Å². The Hall–Kier alpha value is -2.15. The molecule has 0 atom stereocenters. The average molecular weight is 344 g/mol. The number of hydrogen-bond donors (Lipinski definition) is 1. The number of amides is 2. The molecule has 0 radical (unpaired) electrons. The Labute approximate surface area is 149 Å². The normalized spacial score (nSPS) is 15.9. The molecule has 2 aromatic rings. The zero-order valence-corrected chi connectivity index (χ0v) is 15.2. The van der Waals surface area contributed by atoms with Gasteiger partial charge in [-0.15, -0.1) is 0 Å². The fourth-order valence-electron chi connectivity index (χ4n) is 3.06. The van der Waals surface area contributed by atoms with E-state index < -0.39 is 0 Å². The number of fused-ring (bicyclic) bond motifs is 1. The highest BCUT2D eigenvalue weighted by atomic mass is 16.2. The molecular formula is C18H28N6O. The molecule has 1 saturated heterocycles. The third-order valence-electron chi connectivity index (χ3n) is 4.69. The van der Waals surface area contributed by atoms with Crippen LogP contribution in [-0.4, -0.2) is 69.6 Å². The summed E-state index contributed by atoms with van der Waals surface area (Å²) in [6.07, 6.45) is 4.69. The molecule has 1 aliphatic rings. The smallest absolute Gasteiger partial charge is 0.317 e. The number of nitrogens with one attached hydrogen (secondary N) is 1. The van der Waals surface area contributed by atoms with Gasteiger partial charge in [-0.1, -0.05) is 13.8 Å². The van der Waals surface area contributed by atoms with Gasteiger partial charge in [0.2, 0.25) is 0 Å². The fraction of sp³-hybridized carbons (Fsp3) is 0.611. The monoisotopic (exact) mass is 344 g/mol. The van der Waals surface area contributed by atoms with Crippen molar-refractivity contribution in [3.8, 4) is 0 Å². The maximum Gasteiger partial charge on any atom is 0.317 e. The quantitative estimate of drug-likeness (QED) is 0.868. The molecule has 3 heterocycles. The van der Waals surface area contributed by atoms with Crippen molar-refractivity contribution in [1.29, 1.82) is 0 Å². The van der Waals surface area contributed by atoms with Gasteiger partial charge < -0.3 is 14.8 Å². The number of carbonyl (C=O) groups is 1. The molecule has 2 amide bonds. The van der Waals surface area contributed by atoms with Crippen molar-refractivity contribution in [2.75, 3.05) is 39.3 Å². The van der Waals surface area contributed by atoms with Crippen molar-refractivity contribution in [3.05, 3.63) is 24.7 Å². The van der Waals surface area contributed by atoms with Gasteiger partial charge in [0.15, 0.2) is 5.65 Å². The second-order valence-electron chi connectivity index (χ2n) is 7.03. The van der Waals surface area contributed by atoms with Crippen LogP contribution in [0.5, 0.6) is 0 Å². The molecule has 1 fully saturated rings. The van der Waals surface area contributed by atoms with E-state index in [9.17, 15) is 4.79 Å².